The molecular weight excluding hydrogens is 453 g/mol. The van der Waals surface area contributed by atoms with Gasteiger partial charge in [0.15, 0.2) is 6.10 Å². The Hall–Kier alpha value is -2.88. The van der Waals surface area contributed by atoms with E-state index in [9.17, 15) is 18.0 Å². The average molecular weight is 467 g/mol. The number of benzene rings is 2. The first-order valence-corrected chi connectivity index (χ1v) is 10.2. The average Bonchev–Trinajstić information content (AvgIpc) is 3.18. The van der Waals surface area contributed by atoms with Gasteiger partial charge in [-0.15, -0.1) is 11.3 Å². The lowest BCUT2D eigenvalue weighted by molar-refractivity contribution is -0.210. The fourth-order valence-electron chi connectivity index (χ4n) is 2.83. The van der Waals surface area contributed by atoms with Crippen molar-refractivity contribution in [1.29, 1.82) is 0 Å². The lowest BCUT2D eigenvalue weighted by Crippen LogP contribution is -2.34. The van der Waals surface area contributed by atoms with E-state index in [1.165, 1.54) is 46.5 Å². The van der Waals surface area contributed by atoms with Crippen LogP contribution in [0.1, 0.15) is 0 Å². The van der Waals surface area contributed by atoms with Crippen LogP contribution in [0, 0.1) is 0 Å². The van der Waals surface area contributed by atoms with Crippen LogP contribution < -0.4 is 10.3 Å². The minimum Gasteiger partial charge on any atom is -0.491 e. The highest BCUT2D eigenvalue weighted by Crippen LogP contribution is 2.31. The van der Waals surface area contributed by atoms with Crippen LogP contribution in [0.15, 0.2) is 65.7 Å². The third kappa shape index (κ3) is 4.58. The Bertz CT molecular complexity index is 1270. The van der Waals surface area contributed by atoms with Gasteiger partial charge in [-0.1, -0.05) is 23.7 Å². The molecule has 2 aromatic heterocycles. The molecule has 0 amide bonds. The maximum absolute atomic E-state index is 13.0. The highest BCUT2D eigenvalue weighted by Gasteiger charge is 2.38. The molecule has 2 aromatic carbocycles. The molecule has 4 rings (SSSR count). The predicted octanol–water partition coefficient (Wildman–Crippen LogP) is 5.07. The monoisotopic (exact) mass is 466 g/mol. The molecule has 0 bridgehead atoms. The van der Waals surface area contributed by atoms with Gasteiger partial charge in [0.1, 0.15) is 23.4 Å². The van der Waals surface area contributed by atoms with Crippen molar-refractivity contribution in [3.8, 4) is 21.9 Å². The molecule has 1 N–H and O–H groups in total. The van der Waals surface area contributed by atoms with Crippen molar-refractivity contribution in [2.75, 3.05) is 6.61 Å². The Labute approximate surface area is 182 Å². The Morgan fingerprint density at radius 3 is 2.45 bits per heavy atom. The van der Waals surface area contributed by atoms with Crippen molar-refractivity contribution in [3.63, 3.8) is 0 Å². The zero-order valence-corrected chi connectivity index (χ0v) is 17.2. The number of ether oxygens (including phenoxy) is 1. The molecule has 0 aliphatic rings. The maximum atomic E-state index is 13.0. The molecule has 1 unspecified atom stereocenters. The van der Waals surface area contributed by atoms with E-state index in [-0.39, 0.29) is 11.3 Å². The van der Waals surface area contributed by atoms with Gasteiger partial charge in [0.05, 0.1) is 11.2 Å². The largest absolute Gasteiger partial charge is 0.491 e. The highest BCUT2D eigenvalue weighted by molar-refractivity contribution is 7.22. The van der Waals surface area contributed by atoms with Crippen LogP contribution >= 0.6 is 22.9 Å². The molecule has 0 saturated heterocycles. The summed E-state index contributed by atoms with van der Waals surface area (Å²) < 4.78 is 43.9. The molecule has 5 nitrogen and oxygen atoms in total. The Balaban J connectivity index is 1.59. The molecule has 0 spiro atoms. The predicted molar refractivity (Wildman–Crippen MR) is 113 cm³/mol. The minimum atomic E-state index is -4.75. The SMILES string of the molecule is O=c1c2sc(-c3ccc(Cl)cc3)cc2ncn1-c1ccc(OCC(O)C(F)(F)F)cc1. The number of alkyl halides is 3. The molecule has 10 heteroatoms. The molecule has 0 aliphatic heterocycles. The minimum absolute atomic E-state index is 0.135. The second-order valence-corrected chi connectivity index (χ2v) is 8.10. The molecular formula is C21H14ClF3N2O3S. The first kappa shape index (κ1) is 21.4. The molecule has 0 radical (unpaired) electrons. The molecule has 0 fully saturated rings. The summed E-state index contributed by atoms with van der Waals surface area (Å²) in [6, 6.07) is 15.0. The van der Waals surface area contributed by atoms with Crippen molar-refractivity contribution in [2.45, 2.75) is 12.3 Å². The van der Waals surface area contributed by atoms with Crippen LogP contribution in [0.2, 0.25) is 5.02 Å². The normalized spacial score (nSPS) is 12.8. The van der Waals surface area contributed by atoms with E-state index in [2.05, 4.69) is 4.98 Å². The molecule has 1 atom stereocenters. The number of aliphatic hydroxyl groups is 1. The van der Waals surface area contributed by atoms with Crippen molar-refractivity contribution in [1.82, 2.24) is 9.55 Å². The number of rotatable bonds is 5. The van der Waals surface area contributed by atoms with Crippen LogP contribution in [0.25, 0.3) is 26.3 Å². The van der Waals surface area contributed by atoms with Crippen LogP contribution in [0.3, 0.4) is 0 Å². The summed E-state index contributed by atoms with van der Waals surface area (Å²) in [5.41, 5.74) is 1.69. The quantitative estimate of drug-likeness (QED) is 0.446. The fraction of sp³-hybridized carbons (Fsp3) is 0.143. The Morgan fingerprint density at radius 2 is 1.81 bits per heavy atom. The Kier molecular flexibility index (Phi) is 5.74. The number of hydrogen-bond donors (Lipinski definition) is 1. The molecule has 31 heavy (non-hydrogen) atoms. The molecule has 2 heterocycles. The van der Waals surface area contributed by atoms with Crippen LogP contribution in [-0.2, 0) is 0 Å². The lowest BCUT2D eigenvalue weighted by atomic mass is 10.2. The van der Waals surface area contributed by atoms with E-state index >= 15 is 0 Å². The van der Waals surface area contributed by atoms with Gasteiger partial charge in [-0.3, -0.25) is 9.36 Å². The number of aliphatic hydroxyl groups excluding tert-OH is 1. The van der Waals surface area contributed by atoms with Gasteiger partial charge in [0.25, 0.3) is 5.56 Å². The van der Waals surface area contributed by atoms with Gasteiger partial charge in [-0.2, -0.15) is 13.2 Å². The van der Waals surface area contributed by atoms with Gasteiger partial charge >= 0.3 is 6.18 Å². The van der Waals surface area contributed by atoms with Crippen LogP contribution in [0.4, 0.5) is 13.2 Å². The number of thiophene rings is 1. The van der Waals surface area contributed by atoms with E-state index in [1.807, 2.05) is 18.2 Å². The van der Waals surface area contributed by atoms with Crippen molar-refractivity contribution < 1.29 is 23.0 Å². The first-order valence-electron chi connectivity index (χ1n) is 8.97. The summed E-state index contributed by atoms with van der Waals surface area (Å²) >= 11 is 7.23. The van der Waals surface area contributed by atoms with Crippen LogP contribution in [0.5, 0.6) is 5.75 Å². The zero-order valence-electron chi connectivity index (χ0n) is 15.6. The molecule has 0 aliphatic carbocycles. The number of fused-ring (bicyclic) bond motifs is 1. The van der Waals surface area contributed by atoms with E-state index in [4.69, 9.17) is 21.4 Å². The molecule has 160 valence electrons. The summed E-state index contributed by atoms with van der Waals surface area (Å²) in [7, 11) is 0. The smallest absolute Gasteiger partial charge is 0.417 e. The lowest BCUT2D eigenvalue weighted by Gasteiger charge is -2.15. The molecule has 0 saturated carbocycles. The Morgan fingerprint density at radius 1 is 1.13 bits per heavy atom. The zero-order chi connectivity index (χ0) is 22.2. The third-order valence-electron chi connectivity index (χ3n) is 4.47. The number of aromatic nitrogens is 2. The van der Waals surface area contributed by atoms with Gasteiger partial charge in [0.2, 0.25) is 0 Å². The molecule has 4 aromatic rings. The van der Waals surface area contributed by atoms with E-state index in [1.54, 1.807) is 12.1 Å². The second-order valence-electron chi connectivity index (χ2n) is 6.61. The summed E-state index contributed by atoms with van der Waals surface area (Å²) in [5.74, 6) is 0.135. The number of halogens is 4. The standard InChI is InChI=1S/C21H14ClF3N2O3S/c22-13-3-1-12(2-4-13)17-9-16-19(31-17)20(29)27(11-26-16)14-5-7-15(8-6-14)30-10-18(28)21(23,24)25/h1-9,11,18,28H,10H2. The second kappa shape index (κ2) is 8.33. The topological polar surface area (TPSA) is 64.4 Å². The van der Waals surface area contributed by atoms with E-state index in [0.717, 1.165) is 10.4 Å². The van der Waals surface area contributed by atoms with Gasteiger partial charge < -0.3 is 9.84 Å². The number of hydrogen-bond acceptors (Lipinski definition) is 5. The highest BCUT2D eigenvalue weighted by atomic mass is 35.5. The van der Waals surface area contributed by atoms with Gasteiger partial charge in [-0.05, 0) is 48.0 Å². The van der Waals surface area contributed by atoms with Crippen LogP contribution in [-0.4, -0.2) is 33.5 Å². The fourth-order valence-corrected chi connectivity index (χ4v) is 4.00. The summed E-state index contributed by atoms with van der Waals surface area (Å²) in [6.07, 6.45) is -5.93. The summed E-state index contributed by atoms with van der Waals surface area (Å²) in [4.78, 5) is 18.2. The summed E-state index contributed by atoms with van der Waals surface area (Å²) in [6.45, 7) is -0.918. The van der Waals surface area contributed by atoms with E-state index < -0.39 is 18.9 Å². The maximum Gasteiger partial charge on any atom is 0.417 e. The van der Waals surface area contributed by atoms with Crippen molar-refractivity contribution in [2.24, 2.45) is 0 Å². The van der Waals surface area contributed by atoms with Crippen molar-refractivity contribution in [3.05, 3.63) is 76.3 Å². The van der Waals surface area contributed by atoms with E-state index in [0.29, 0.717) is 20.9 Å². The van der Waals surface area contributed by atoms with Gasteiger partial charge in [-0.25, -0.2) is 4.98 Å². The first-order chi connectivity index (χ1) is 14.7. The third-order valence-corrected chi connectivity index (χ3v) is 5.88. The number of nitrogens with zero attached hydrogens (tertiary/aromatic N) is 2. The van der Waals surface area contributed by atoms with Crippen molar-refractivity contribution >= 4 is 33.2 Å². The summed E-state index contributed by atoms with van der Waals surface area (Å²) in [5, 5.41) is 9.62. The van der Waals surface area contributed by atoms with Gasteiger partial charge in [0, 0.05) is 9.90 Å².